The average molecular weight is 318 g/mol. The predicted molar refractivity (Wildman–Crippen MR) is 85.1 cm³/mol. The topological polar surface area (TPSA) is 60.4 Å². The summed E-state index contributed by atoms with van der Waals surface area (Å²) in [6.45, 7) is 1.38. The smallest absolute Gasteiger partial charge is 0.266 e. The molecule has 1 aromatic rings. The number of thiocarbonyl (C=S) groups is 1. The molecule has 0 saturated carbocycles. The van der Waals surface area contributed by atoms with E-state index in [4.69, 9.17) is 12.2 Å². The summed E-state index contributed by atoms with van der Waals surface area (Å²) in [7, 11) is 0. The fourth-order valence-electron chi connectivity index (χ4n) is 1.74. The van der Waals surface area contributed by atoms with Crippen molar-refractivity contribution in [3.8, 4) is 0 Å². The molecule has 1 heterocycles. The molecule has 1 amide bonds. The highest BCUT2D eigenvalue weighted by molar-refractivity contribution is 8.26. The molecule has 0 aliphatic carbocycles. The van der Waals surface area contributed by atoms with Gasteiger partial charge >= 0.3 is 0 Å². The highest BCUT2D eigenvalue weighted by Crippen LogP contribution is 2.32. The zero-order valence-corrected chi connectivity index (χ0v) is 12.8. The Morgan fingerprint density at radius 2 is 2.05 bits per heavy atom. The molecule has 21 heavy (non-hydrogen) atoms. The Hall–Kier alpha value is -1.92. The first-order chi connectivity index (χ1) is 10.0. The molecule has 1 aromatic carbocycles. The van der Waals surface area contributed by atoms with Crippen LogP contribution in [-0.2, 0) is 9.59 Å². The molecule has 1 saturated heterocycles. The van der Waals surface area contributed by atoms with Gasteiger partial charge < -0.3 is 9.90 Å². The van der Waals surface area contributed by atoms with Crippen molar-refractivity contribution in [3.63, 3.8) is 0 Å². The minimum atomic E-state index is -1.33. The van der Waals surface area contributed by atoms with Gasteiger partial charge in [-0.15, -0.1) is 0 Å². The van der Waals surface area contributed by atoms with Crippen LogP contribution in [0, 0.1) is 0 Å². The number of carbonyl (C=O) groups is 2. The largest absolute Gasteiger partial charge is 0.548 e. The van der Waals surface area contributed by atoms with Gasteiger partial charge in [0.25, 0.3) is 5.91 Å². The number of amides is 1. The Balaban J connectivity index is 2.14. The zero-order valence-electron chi connectivity index (χ0n) is 11.2. The predicted octanol–water partition coefficient (Wildman–Crippen LogP) is 1.58. The van der Waals surface area contributed by atoms with E-state index >= 15 is 0 Å². The van der Waals surface area contributed by atoms with Gasteiger partial charge in [-0.05, 0) is 18.6 Å². The van der Waals surface area contributed by atoms with Gasteiger partial charge in [0, 0.05) is 0 Å². The van der Waals surface area contributed by atoms with Gasteiger partial charge in [-0.25, -0.2) is 0 Å². The van der Waals surface area contributed by atoms with Crippen LogP contribution >= 0.6 is 24.0 Å². The Morgan fingerprint density at radius 3 is 2.67 bits per heavy atom. The molecule has 4 nitrogen and oxygen atoms in total. The zero-order chi connectivity index (χ0) is 15.4. The average Bonchev–Trinajstić information content (AvgIpc) is 2.74. The summed E-state index contributed by atoms with van der Waals surface area (Å²) < 4.78 is 0.232. The van der Waals surface area contributed by atoms with Gasteiger partial charge in [0.05, 0.1) is 16.9 Å². The fraction of sp³-hybridized carbons (Fsp3) is 0.133. The molecule has 0 radical (unpaired) electrons. The molecule has 1 fully saturated rings. The van der Waals surface area contributed by atoms with Crippen LogP contribution in [0.5, 0.6) is 0 Å². The number of benzene rings is 1. The van der Waals surface area contributed by atoms with Crippen LogP contribution in [0.25, 0.3) is 6.08 Å². The first kappa shape index (κ1) is 15.5. The minimum Gasteiger partial charge on any atom is -0.548 e. The summed E-state index contributed by atoms with van der Waals surface area (Å²) in [5.41, 5.74) is 1.01. The third kappa shape index (κ3) is 3.59. The molecule has 1 atom stereocenters. The number of hydrogen-bond donors (Lipinski definition) is 0. The van der Waals surface area contributed by atoms with E-state index in [-0.39, 0.29) is 4.32 Å². The van der Waals surface area contributed by atoms with Crippen molar-refractivity contribution in [2.75, 3.05) is 0 Å². The molecule has 1 aliphatic heterocycles. The normalized spacial score (nSPS) is 18.7. The van der Waals surface area contributed by atoms with Crippen molar-refractivity contribution >= 4 is 46.3 Å². The van der Waals surface area contributed by atoms with E-state index in [1.165, 1.54) is 6.92 Å². The fourth-order valence-corrected chi connectivity index (χ4v) is 3.11. The maximum atomic E-state index is 12.1. The lowest BCUT2D eigenvalue weighted by Crippen LogP contribution is -2.48. The van der Waals surface area contributed by atoms with E-state index in [0.29, 0.717) is 4.91 Å². The van der Waals surface area contributed by atoms with Crippen LogP contribution in [0.2, 0.25) is 0 Å². The van der Waals surface area contributed by atoms with Crippen molar-refractivity contribution in [1.29, 1.82) is 0 Å². The Kier molecular flexibility index (Phi) is 4.93. The van der Waals surface area contributed by atoms with Gasteiger partial charge in [-0.1, -0.05) is 66.5 Å². The van der Waals surface area contributed by atoms with Crippen molar-refractivity contribution in [1.82, 2.24) is 4.90 Å². The number of carboxylic acid groups (broad SMARTS) is 1. The van der Waals surface area contributed by atoms with Crippen LogP contribution in [0.3, 0.4) is 0 Å². The minimum absolute atomic E-state index is 0.232. The van der Waals surface area contributed by atoms with Gasteiger partial charge in [-0.2, -0.15) is 0 Å². The SMILES string of the molecule is C[C@@H](C(=O)[O-])N1C(=O)/C(=C\C=C\c2ccccc2)SC1=S. The van der Waals surface area contributed by atoms with Crippen molar-refractivity contribution in [2.24, 2.45) is 0 Å². The van der Waals surface area contributed by atoms with Gasteiger partial charge in [0.1, 0.15) is 4.32 Å². The third-order valence-corrected chi connectivity index (χ3v) is 4.24. The molecular weight excluding hydrogens is 306 g/mol. The van der Waals surface area contributed by atoms with Crippen molar-refractivity contribution in [2.45, 2.75) is 13.0 Å². The second-order valence-electron chi connectivity index (χ2n) is 4.34. The molecular formula is C15H12NO3S2-. The highest BCUT2D eigenvalue weighted by Gasteiger charge is 2.35. The number of aliphatic carboxylic acids is 1. The van der Waals surface area contributed by atoms with Crippen molar-refractivity contribution < 1.29 is 14.7 Å². The molecule has 0 aromatic heterocycles. The second kappa shape index (κ2) is 6.69. The quantitative estimate of drug-likeness (QED) is 0.623. The van der Waals surface area contributed by atoms with Crippen LogP contribution in [0.4, 0.5) is 0 Å². The summed E-state index contributed by atoms with van der Waals surface area (Å²) >= 11 is 6.14. The Labute approximate surface area is 132 Å². The summed E-state index contributed by atoms with van der Waals surface area (Å²) in [4.78, 5) is 24.5. The summed E-state index contributed by atoms with van der Waals surface area (Å²) in [6.07, 6.45) is 5.23. The van der Waals surface area contributed by atoms with Gasteiger partial charge in [0.15, 0.2) is 0 Å². The number of thioether (sulfide) groups is 1. The van der Waals surface area contributed by atoms with E-state index in [1.54, 1.807) is 12.2 Å². The van der Waals surface area contributed by atoms with Crippen molar-refractivity contribution in [3.05, 3.63) is 53.0 Å². The maximum absolute atomic E-state index is 12.1. The number of nitrogens with zero attached hydrogens (tertiary/aromatic N) is 1. The molecule has 2 rings (SSSR count). The molecule has 0 N–H and O–H groups in total. The van der Waals surface area contributed by atoms with Crippen LogP contribution < -0.4 is 5.11 Å². The lowest BCUT2D eigenvalue weighted by atomic mass is 10.2. The molecule has 1 aliphatic rings. The van der Waals surface area contributed by atoms with E-state index in [9.17, 15) is 14.7 Å². The Morgan fingerprint density at radius 1 is 1.38 bits per heavy atom. The lowest BCUT2D eigenvalue weighted by molar-refractivity contribution is -0.309. The van der Waals surface area contributed by atoms with E-state index < -0.39 is 17.9 Å². The summed E-state index contributed by atoms with van der Waals surface area (Å²) in [6, 6.07) is 8.56. The van der Waals surface area contributed by atoms with E-state index in [0.717, 1.165) is 22.2 Å². The standard InChI is InChI=1S/C15H13NO3S2/c1-10(14(18)19)16-13(17)12(21-15(16)20)9-5-8-11-6-3-2-4-7-11/h2-10H,1H3,(H,18,19)/p-1/b8-5+,12-9+/t10-/m0/s1. The van der Waals surface area contributed by atoms with E-state index in [2.05, 4.69) is 0 Å². The van der Waals surface area contributed by atoms with Crippen LogP contribution in [-0.4, -0.2) is 27.1 Å². The third-order valence-electron chi connectivity index (χ3n) is 2.89. The Bertz CT molecular complexity index is 638. The summed E-state index contributed by atoms with van der Waals surface area (Å²) in [5.74, 6) is -1.73. The molecule has 108 valence electrons. The molecule has 0 spiro atoms. The van der Waals surface area contributed by atoms with Crippen LogP contribution in [0.15, 0.2) is 47.4 Å². The monoisotopic (exact) mass is 318 g/mol. The number of carboxylic acids is 1. The number of rotatable bonds is 4. The number of hydrogen-bond acceptors (Lipinski definition) is 5. The van der Waals surface area contributed by atoms with Crippen LogP contribution in [0.1, 0.15) is 12.5 Å². The first-order valence-corrected chi connectivity index (χ1v) is 7.43. The molecule has 0 bridgehead atoms. The lowest BCUT2D eigenvalue weighted by Gasteiger charge is -2.23. The second-order valence-corrected chi connectivity index (χ2v) is 6.01. The first-order valence-electron chi connectivity index (χ1n) is 6.20. The van der Waals surface area contributed by atoms with Gasteiger partial charge in [-0.3, -0.25) is 9.69 Å². The summed E-state index contributed by atoms with van der Waals surface area (Å²) in [5, 5.41) is 10.9. The number of allylic oxidation sites excluding steroid dienone is 2. The van der Waals surface area contributed by atoms with E-state index in [1.807, 2.05) is 36.4 Å². The molecule has 6 heteroatoms. The maximum Gasteiger partial charge on any atom is 0.266 e. The highest BCUT2D eigenvalue weighted by atomic mass is 32.2. The number of carbonyl (C=O) groups excluding carboxylic acids is 2. The molecule has 0 unspecified atom stereocenters. The van der Waals surface area contributed by atoms with Gasteiger partial charge in [0.2, 0.25) is 0 Å².